The number of pyridine rings is 1. The van der Waals surface area contributed by atoms with Crippen LogP contribution in [0.5, 0.6) is 0 Å². The molecule has 9 nitrogen and oxygen atoms in total. The first-order valence-corrected chi connectivity index (χ1v) is 8.73. The molecule has 0 aliphatic rings. The summed E-state index contributed by atoms with van der Waals surface area (Å²) in [5.74, 6) is 0.561. The number of halogens is 1. The molecule has 0 aliphatic heterocycles. The van der Waals surface area contributed by atoms with E-state index in [1.165, 1.54) is 18.2 Å². The second-order valence-corrected chi connectivity index (χ2v) is 6.38. The zero-order chi connectivity index (χ0) is 20.1. The van der Waals surface area contributed by atoms with Gasteiger partial charge in [-0.15, -0.1) is 0 Å². The van der Waals surface area contributed by atoms with Crippen molar-refractivity contribution in [2.45, 2.75) is 13.0 Å². The van der Waals surface area contributed by atoms with Gasteiger partial charge in [-0.2, -0.15) is 4.98 Å². The summed E-state index contributed by atoms with van der Waals surface area (Å²) in [6.45, 7) is 1.66. The van der Waals surface area contributed by atoms with E-state index in [1.54, 1.807) is 31.3 Å². The van der Waals surface area contributed by atoms with Crippen LogP contribution in [0.1, 0.15) is 6.92 Å². The Morgan fingerprint density at radius 3 is 2.71 bits per heavy atom. The van der Waals surface area contributed by atoms with E-state index in [-0.39, 0.29) is 30.0 Å². The summed E-state index contributed by atoms with van der Waals surface area (Å²) < 4.78 is 0. The number of hydrogen-bond donors (Lipinski definition) is 3. The smallest absolute Gasteiger partial charge is 0.292 e. The molecule has 0 fully saturated rings. The van der Waals surface area contributed by atoms with Crippen molar-refractivity contribution in [3.63, 3.8) is 0 Å². The summed E-state index contributed by atoms with van der Waals surface area (Å²) in [6, 6.07) is 10.9. The van der Waals surface area contributed by atoms with Gasteiger partial charge < -0.3 is 15.7 Å². The van der Waals surface area contributed by atoms with Gasteiger partial charge in [0.1, 0.15) is 11.5 Å². The van der Waals surface area contributed by atoms with Gasteiger partial charge in [0.05, 0.1) is 22.9 Å². The Morgan fingerprint density at radius 1 is 1.21 bits per heavy atom. The topological polar surface area (TPSA) is 126 Å². The Morgan fingerprint density at radius 2 is 2.04 bits per heavy atom. The number of nitro groups is 1. The van der Waals surface area contributed by atoms with Gasteiger partial charge in [-0.05, 0) is 31.2 Å². The number of anilines is 3. The minimum atomic E-state index is -0.507. The highest BCUT2D eigenvalue weighted by Crippen LogP contribution is 2.31. The lowest BCUT2D eigenvalue weighted by Crippen LogP contribution is -2.21. The zero-order valence-corrected chi connectivity index (χ0v) is 15.6. The molecule has 0 radical (unpaired) electrons. The minimum Gasteiger partial charge on any atom is -0.394 e. The fourth-order valence-corrected chi connectivity index (χ4v) is 2.57. The summed E-state index contributed by atoms with van der Waals surface area (Å²) in [5.41, 5.74) is 1.17. The molecule has 0 amide bonds. The van der Waals surface area contributed by atoms with Crippen molar-refractivity contribution in [2.24, 2.45) is 0 Å². The Hall–Kier alpha value is -3.30. The number of benzene rings is 1. The molecular formula is C18H17ClN6O3. The Bertz CT molecular complexity index is 986. The molecule has 2 heterocycles. The molecule has 0 saturated carbocycles. The third-order valence-corrected chi connectivity index (χ3v) is 3.96. The fourth-order valence-electron chi connectivity index (χ4n) is 2.39. The van der Waals surface area contributed by atoms with Crippen LogP contribution < -0.4 is 10.6 Å². The minimum absolute atomic E-state index is 0.111. The van der Waals surface area contributed by atoms with E-state index in [1.807, 2.05) is 6.07 Å². The lowest BCUT2D eigenvalue weighted by Gasteiger charge is -2.14. The lowest BCUT2D eigenvalue weighted by atomic mass is 10.2. The van der Waals surface area contributed by atoms with Crippen LogP contribution in [0.15, 0.2) is 48.7 Å². The van der Waals surface area contributed by atoms with Gasteiger partial charge in [0.15, 0.2) is 0 Å². The maximum absolute atomic E-state index is 11.3. The molecule has 1 aromatic carbocycles. The largest absolute Gasteiger partial charge is 0.394 e. The maximum atomic E-state index is 11.3. The van der Waals surface area contributed by atoms with E-state index < -0.39 is 4.92 Å². The van der Waals surface area contributed by atoms with Gasteiger partial charge in [-0.25, -0.2) is 4.98 Å². The van der Waals surface area contributed by atoms with Crippen molar-refractivity contribution >= 4 is 34.7 Å². The highest BCUT2D eigenvalue weighted by Gasteiger charge is 2.16. The van der Waals surface area contributed by atoms with Gasteiger partial charge in [-0.3, -0.25) is 15.1 Å². The van der Waals surface area contributed by atoms with E-state index in [2.05, 4.69) is 25.6 Å². The molecule has 144 valence electrons. The molecule has 10 heteroatoms. The normalized spacial score (nSPS) is 11.7. The molecule has 2 aromatic heterocycles. The summed E-state index contributed by atoms with van der Waals surface area (Å²) >= 11 is 5.99. The third kappa shape index (κ3) is 4.70. The molecule has 0 saturated heterocycles. The van der Waals surface area contributed by atoms with Crippen LogP contribution in [0.25, 0.3) is 11.4 Å². The average Bonchev–Trinajstić information content (AvgIpc) is 2.68. The Kier molecular flexibility index (Phi) is 5.97. The first-order valence-electron chi connectivity index (χ1n) is 8.35. The van der Waals surface area contributed by atoms with Crippen LogP contribution in [-0.2, 0) is 0 Å². The SMILES string of the molecule is C[C@H](CO)Nc1nc(Nc2cc(Cl)ccc2[N+](=O)[O-])cc(-c2ccccn2)n1. The lowest BCUT2D eigenvalue weighted by molar-refractivity contribution is -0.383. The zero-order valence-electron chi connectivity index (χ0n) is 14.8. The Labute approximate surface area is 165 Å². The predicted octanol–water partition coefficient (Wildman–Crippen LogP) is 3.64. The van der Waals surface area contributed by atoms with Crippen molar-refractivity contribution in [2.75, 3.05) is 17.2 Å². The molecule has 3 rings (SSSR count). The molecule has 0 spiro atoms. The average molecular weight is 401 g/mol. The van der Waals surface area contributed by atoms with Gasteiger partial charge in [0.2, 0.25) is 5.95 Å². The summed E-state index contributed by atoms with van der Waals surface area (Å²) in [5, 5.41) is 26.8. The quantitative estimate of drug-likeness (QED) is 0.405. The van der Waals surface area contributed by atoms with Crippen LogP contribution in [0.3, 0.4) is 0 Å². The molecule has 0 unspecified atom stereocenters. The second-order valence-electron chi connectivity index (χ2n) is 5.95. The van der Waals surface area contributed by atoms with E-state index in [9.17, 15) is 15.2 Å². The number of nitrogens with one attached hydrogen (secondary N) is 2. The van der Waals surface area contributed by atoms with Crippen LogP contribution in [0, 0.1) is 10.1 Å². The maximum Gasteiger partial charge on any atom is 0.292 e. The molecule has 3 aromatic rings. The molecule has 3 N–H and O–H groups in total. The van der Waals surface area contributed by atoms with E-state index in [0.29, 0.717) is 22.2 Å². The first kappa shape index (κ1) is 19.5. The fraction of sp³-hybridized carbons (Fsp3) is 0.167. The van der Waals surface area contributed by atoms with Crippen LogP contribution in [0.4, 0.5) is 23.1 Å². The molecular weight excluding hydrogens is 384 g/mol. The van der Waals surface area contributed by atoms with E-state index >= 15 is 0 Å². The number of aliphatic hydroxyl groups excluding tert-OH is 1. The number of aromatic nitrogens is 3. The number of nitro benzene ring substituents is 1. The van der Waals surface area contributed by atoms with Crippen molar-refractivity contribution in [1.29, 1.82) is 0 Å². The molecule has 0 bridgehead atoms. The van der Waals surface area contributed by atoms with Crippen molar-refractivity contribution in [1.82, 2.24) is 15.0 Å². The monoisotopic (exact) mass is 400 g/mol. The van der Waals surface area contributed by atoms with Crippen molar-refractivity contribution < 1.29 is 10.0 Å². The van der Waals surface area contributed by atoms with Crippen molar-refractivity contribution in [3.05, 3.63) is 63.8 Å². The highest BCUT2D eigenvalue weighted by molar-refractivity contribution is 6.31. The van der Waals surface area contributed by atoms with Gasteiger partial charge in [0, 0.05) is 29.4 Å². The van der Waals surface area contributed by atoms with Crippen LogP contribution in [-0.4, -0.2) is 37.6 Å². The third-order valence-electron chi connectivity index (χ3n) is 3.72. The van der Waals surface area contributed by atoms with Gasteiger partial charge in [0.25, 0.3) is 5.69 Å². The molecule has 0 aliphatic carbocycles. The van der Waals surface area contributed by atoms with E-state index in [0.717, 1.165) is 0 Å². The number of hydrogen-bond acceptors (Lipinski definition) is 8. The molecule has 28 heavy (non-hydrogen) atoms. The first-order chi connectivity index (χ1) is 13.5. The predicted molar refractivity (Wildman–Crippen MR) is 107 cm³/mol. The Balaban J connectivity index is 2.04. The summed E-state index contributed by atoms with van der Waals surface area (Å²) in [7, 11) is 0. The van der Waals surface area contributed by atoms with Gasteiger partial charge in [-0.1, -0.05) is 17.7 Å². The number of aliphatic hydroxyl groups is 1. The summed E-state index contributed by atoms with van der Waals surface area (Å²) in [4.78, 5) is 23.8. The van der Waals surface area contributed by atoms with Crippen molar-refractivity contribution in [3.8, 4) is 11.4 Å². The molecule has 1 atom stereocenters. The van der Waals surface area contributed by atoms with Gasteiger partial charge >= 0.3 is 0 Å². The summed E-state index contributed by atoms with van der Waals surface area (Å²) in [6.07, 6.45) is 1.63. The number of rotatable bonds is 7. The van der Waals surface area contributed by atoms with Crippen LogP contribution >= 0.6 is 11.6 Å². The van der Waals surface area contributed by atoms with E-state index in [4.69, 9.17) is 11.6 Å². The standard InChI is InChI=1S/C18H17ClN6O3/c1-11(10-26)21-18-23-14(13-4-2-3-7-20-13)9-17(24-18)22-15-8-12(19)5-6-16(15)25(27)28/h2-9,11,26H,10H2,1H3,(H2,21,22,23,24)/t11-/m1/s1. The highest BCUT2D eigenvalue weighted by atomic mass is 35.5. The number of nitrogens with zero attached hydrogens (tertiary/aromatic N) is 4. The second kappa shape index (κ2) is 8.59. The van der Waals surface area contributed by atoms with Crippen LogP contribution in [0.2, 0.25) is 5.02 Å².